The van der Waals surface area contributed by atoms with Gasteiger partial charge in [0.05, 0.1) is 14.2 Å². The standard InChI is InChI=1S/C19H17BrFNO4S2/c1-25-17-6-4-13(21)8-15(17)14-5-3-12(7-18(14)26-2)9-22-28(23,24)19-11-27-10-16(19)20/h3-8,10-11,22H,9H2,1-2H3. The Bertz CT molecular complexity index is 1100. The molecule has 0 saturated carbocycles. The summed E-state index contributed by atoms with van der Waals surface area (Å²) in [6.45, 7) is 0.0849. The predicted octanol–water partition coefficient (Wildman–Crippen LogP) is 4.81. The lowest BCUT2D eigenvalue weighted by atomic mass is 10.0. The van der Waals surface area contributed by atoms with E-state index in [-0.39, 0.29) is 11.4 Å². The molecule has 0 aliphatic rings. The van der Waals surface area contributed by atoms with E-state index in [1.54, 1.807) is 35.0 Å². The van der Waals surface area contributed by atoms with Crippen LogP contribution in [0.25, 0.3) is 11.1 Å². The highest BCUT2D eigenvalue weighted by molar-refractivity contribution is 9.10. The summed E-state index contributed by atoms with van der Waals surface area (Å²) in [6, 6.07) is 9.46. The Balaban J connectivity index is 1.88. The molecule has 3 aromatic rings. The van der Waals surface area contributed by atoms with Gasteiger partial charge in [0.15, 0.2) is 0 Å². The van der Waals surface area contributed by atoms with Gasteiger partial charge in [-0.1, -0.05) is 12.1 Å². The minimum absolute atomic E-state index is 0.0849. The van der Waals surface area contributed by atoms with E-state index < -0.39 is 15.8 Å². The molecule has 1 N–H and O–H groups in total. The fraction of sp³-hybridized carbons (Fsp3) is 0.158. The number of halogens is 2. The summed E-state index contributed by atoms with van der Waals surface area (Å²) >= 11 is 4.53. The third-order valence-electron chi connectivity index (χ3n) is 4.06. The minimum Gasteiger partial charge on any atom is -0.496 e. The molecule has 5 nitrogen and oxygen atoms in total. The lowest BCUT2D eigenvalue weighted by Crippen LogP contribution is -2.23. The molecular formula is C19H17BrFNO4S2. The fourth-order valence-electron chi connectivity index (χ4n) is 2.68. The van der Waals surface area contributed by atoms with Crippen LogP contribution in [0.2, 0.25) is 0 Å². The Labute approximate surface area is 175 Å². The number of ether oxygens (including phenoxy) is 2. The van der Waals surface area contributed by atoms with Crippen molar-refractivity contribution in [2.24, 2.45) is 0 Å². The van der Waals surface area contributed by atoms with E-state index in [2.05, 4.69) is 20.7 Å². The van der Waals surface area contributed by atoms with Gasteiger partial charge in [-0.2, -0.15) is 0 Å². The first-order valence-corrected chi connectivity index (χ1v) is 11.3. The van der Waals surface area contributed by atoms with Crippen molar-refractivity contribution in [3.63, 3.8) is 0 Å². The van der Waals surface area contributed by atoms with Crippen LogP contribution in [-0.2, 0) is 16.6 Å². The topological polar surface area (TPSA) is 64.6 Å². The molecule has 0 spiro atoms. The molecule has 0 aliphatic heterocycles. The largest absolute Gasteiger partial charge is 0.496 e. The number of methoxy groups -OCH3 is 2. The normalized spacial score (nSPS) is 11.4. The number of hydrogen-bond donors (Lipinski definition) is 1. The highest BCUT2D eigenvalue weighted by atomic mass is 79.9. The van der Waals surface area contributed by atoms with Crippen molar-refractivity contribution in [1.29, 1.82) is 0 Å². The van der Waals surface area contributed by atoms with Gasteiger partial charge in [0.1, 0.15) is 22.2 Å². The van der Waals surface area contributed by atoms with Crippen LogP contribution in [0.4, 0.5) is 4.39 Å². The molecular weight excluding hydrogens is 469 g/mol. The molecule has 0 unspecified atom stereocenters. The zero-order valence-corrected chi connectivity index (χ0v) is 18.3. The quantitative estimate of drug-likeness (QED) is 0.521. The number of sulfonamides is 1. The maximum absolute atomic E-state index is 13.7. The summed E-state index contributed by atoms with van der Waals surface area (Å²) in [6.07, 6.45) is 0. The average molecular weight is 486 g/mol. The van der Waals surface area contributed by atoms with Gasteiger partial charge in [-0.15, -0.1) is 11.3 Å². The lowest BCUT2D eigenvalue weighted by molar-refractivity contribution is 0.409. The van der Waals surface area contributed by atoms with E-state index in [1.807, 2.05) is 0 Å². The maximum atomic E-state index is 13.7. The minimum atomic E-state index is -3.64. The van der Waals surface area contributed by atoms with E-state index in [0.717, 1.165) is 0 Å². The lowest BCUT2D eigenvalue weighted by Gasteiger charge is -2.14. The van der Waals surface area contributed by atoms with Crippen LogP contribution in [-0.4, -0.2) is 22.6 Å². The molecule has 0 atom stereocenters. The van der Waals surface area contributed by atoms with Crippen molar-refractivity contribution in [2.45, 2.75) is 11.4 Å². The fourth-order valence-corrected chi connectivity index (χ4v) is 6.05. The van der Waals surface area contributed by atoms with Crippen molar-refractivity contribution in [2.75, 3.05) is 14.2 Å². The zero-order chi connectivity index (χ0) is 20.3. The van der Waals surface area contributed by atoms with Gasteiger partial charge in [-0.05, 0) is 45.8 Å². The monoisotopic (exact) mass is 485 g/mol. The van der Waals surface area contributed by atoms with Crippen molar-refractivity contribution >= 4 is 37.3 Å². The summed E-state index contributed by atoms with van der Waals surface area (Å²) in [4.78, 5) is 0.200. The highest BCUT2D eigenvalue weighted by Crippen LogP contribution is 2.37. The van der Waals surface area contributed by atoms with Crippen LogP contribution in [0.1, 0.15) is 5.56 Å². The molecule has 28 heavy (non-hydrogen) atoms. The van der Waals surface area contributed by atoms with Gasteiger partial charge in [0.2, 0.25) is 10.0 Å². The van der Waals surface area contributed by atoms with E-state index in [4.69, 9.17) is 9.47 Å². The van der Waals surface area contributed by atoms with Crippen molar-refractivity contribution < 1.29 is 22.3 Å². The van der Waals surface area contributed by atoms with Crippen molar-refractivity contribution in [1.82, 2.24) is 4.72 Å². The van der Waals surface area contributed by atoms with Gasteiger partial charge in [-0.3, -0.25) is 0 Å². The molecule has 0 aliphatic carbocycles. The van der Waals surface area contributed by atoms with Gasteiger partial charge in [0, 0.05) is 32.9 Å². The van der Waals surface area contributed by atoms with Crippen LogP contribution in [0.5, 0.6) is 11.5 Å². The molecule has 1 heterocycles. The number of thiophene rings is 1. The van der Waals surface area contributed by atoms with Crippen molar-refractivity contribution in [3.8, 4) is 22.6 Å². The molecule has 148 valence electrons. The van der Waals surface area contributed by atoms with Crippen LogP contribution in [0.3, 0.4) is 0 Å². The number of nitrogens with one attached hydrogen (secondary N) is 1. The van der Waals surface area contributed by atoms with E-state index in [0.29, 0.717) is 32.7 Å². The molecule has 1 aromatic heterocycles. The summed E-state index contributed by atoms with van der Waals surface area (Å²) in [7, 11) is -0.631. The third-order valence-corrected chi connectivity index (χ3v) is 7.61. The Hall–Kier alpha value is -1.94. The first-order chi connectivity index (χ1) is 13.4. The zero-order valence-electron chi connectivity index (χ0n) is 15.0. The average Bonchev–Trinajstić information content (AvgIpc) is 3.13. The van der Waals surface area contributed by atoms with Gasteiger partial charge in [-0.25, -0.2) is 17.5 Å². The first-order valence-electron chi connectivity index (χ1n) is 8.08. The van der Waals surface area contributed by atoms with Crippen LogP contribution < -0.4 is 14.2 Å². The number of benzene rings is 2. The van der Waals surface area contributed by atoms with Gasteiger partial charge < -0.3 is 9.47 Å². The summed E-state index contributed by atoms with van der Waals surface area (Å²) in [5.74, 6) is 0.601. The molecule has 2 aromatic carbocycles. The first kappa shape index (κ1) is 20.8. The smallest absolute Gasteiger partial charge is 0.242 e. The van der Waals surface area contributed by atoms with Gasteiger partial charge >= 0.3 is 0 Å². The number of hydrogen-bond acceptors (Lipinski definition) is 5. The van der Waals surface area contributed by atoms with Crippen LogP contribution in [0.15, 0.2) is 56.5 Å². The predicted molar refractivity (Wildman–Crippen MR) is 111 cm³/mol. The Morgan fingerprint density at radius 1 is 1.04 bits per heavy atom. The molecule has 0 bridgehead atoms. The van der Waals surface area contributed by atoms with Crippen LogP contribution in [0, 0.1) is 5.82 Å². The molecule has 0 fully saturated rings. The second kappa shape index (κ2) is 8.60. The van der Waals surface area contributed by atoms with E-state index in [1.165, 1.54) is 37.7 Å². The Kier molecular flexibility index (Phi) is 6.39. The highest BCUT2D eigenvalue weighted by Gasteiger charge is 2.19. The molecule has 9 heteroatoms. The molecule has 0 amide bonds. The number of rotatable bonds is 7. The van der Waals surface area contributed by atoms with Crippen molar-refractivity contribution in [3.05, 3.63) is 63.0 Å². The third kappa shape index (κ3) is 4.38. The van der Waals surface area contributed by atoms with Gasteiger partial charge in [0.25, 0.3) is 0 Å². The second-order valence-electron chi connectivity index (χ2n) is 5.79. The second-order valence-corrected chi connectivity index (χ2v) is 9.12. The van der Waals surface area contributed by atoms with Crippen LogP contribution >= 0.6 is 27.3 Å². The SMILES string of the molecule is COc1cc(CNS(=O)(=O)c2cscc2Br)ccc1-c1cc(F)ccc1OC. The molecule has 3 rings (SSSR count). The summed E-state index contributed by atoms with van der Waals surface area (Å²) < 4.78 is 52.4. The molecule has 0 radical (unpaired) electrons. The Morgan fingerprint density at radius 3 is 2.43 bits per heavy atom. The summed E-state index contributed by atoms with van der Waals surface area (Å²) in [5, 5.41) is 3.27. The maximum Gasteiger partial charge on any atom is 0.242 e. The van der Waals surface area contributed by atoms with E-state index in [9.17, 15) is 12.8 Å². The summed E-state index contributed by atoms with van der Waals surface area (Å²) in [5.41, 5.74) is 1.89. The Morgan fingerprint density at radius 2 is 1.79 bits per heavy atom. The van der Waals surface area contributed by atoms with E-state index >= 15 is 0 Å². The molecule has 0 saturated heterocycles.